The normalized spacial score (nSPS) is 15.0. The zero-order chi connectivity index (χ0) is 16.6. The topological polar surface area (TPSA) is 85.1 Å². The van der Waals surface area contributed by atoms with Gasteiger partial charge in [0.15, 0.2) is 0 Å². The number of benzene rings is 1. The summed E-state index contributed by atoms with van der Waals surface area (Å²) in [5, 5.41) is 0.541. The van der Waals surface area contributed by atoms with Gasteiger partial charge in [0, 0.05) is 17.3 Å². The molecule has 0 atom stereocenters. The summed E-state index contributed by atoms with van der Waals surface area (Å²) in [4.78, 5) is 8.69. The Bertz CT molecular complexity index is 995. The molecule has 1 N–H and O–H groups in total. The maximum atomic E-state index is 12.7. The monoisotopic (exact) mass is 343 g/mol. The van der Waals surface area contributed by atoms with Gasteiger partial charge in [0.1, 0.15) is 16.7 Å². The molecular formula is C17H17N3O3S. The molecule has 0 saturated carbocycles. The highest BCUT2D eigenvalue weighted by molar-refractivity contribution is 7.93. The van der Waals surface area contributed by atoms with E-state index in [1.54, 1.807) is 30.5 Å². The highest BCUT2D eigenvalue weighted by atomic mass is 32.2. The molecule has 24 heavy (non-hydrogen) atoms. The van der Waals surface area contributed by atoms with Crippen LogP contribution < -0.4 is 4.72 Å². The fourth-order valence-electron chi connectivity index (χ4n) is 3.04. The molecule has 3 aromatic rings. The number of hydrogen-bond donors (Lipinski definition) is 1. The van der Waals surface area contributed by atoms with Crippen molar-refractivity contribution < 1.29 is 12.8 Å². The number of sulfonamides is 1. The molecule has 0 amide bonds. The smallest absolute Gasteiger partial charge is 0.268 e. The standard InChI is InChI=1S/C17H17N3O3S/c21-24(22,16-11-23-15-9-5-4-7-13(15)16)20-17-18-10-12-6-2-1-3-8-14(12)19-17/h4-5,7,9-11H,1-3,6,8H2,(H,18,19,20). The van der Waals surface area contributed by atoms with Gasteiger partial charge in [-0.05, 0) is 43.4 Å². The van der Waals surface area contributed by atoms with Gasteiger partial charge in [-0.1, -0.05) is 18.6 Å². The van der Waals surface area contributed by atoms with Crippen molar-refractivity contribution in [2.45, 2.75) is 37.0 Å². The van der Waals surface area contributed by atoms with Crippen LogP contribution in [0.2, 0.25) is 0 Å². The third-order valence-electron chi connectivity index (χ3n) is 4.27. The van der Waals surface area contributed by atoms with E-state index in [1.807, 2.05) is 0 Å². The molecule has 0 aliphatic heterocycles. The van der Waals surface area contributed by atoms with Crippen LogP contribution in [0.25, 0.3) is 11.0 Å². The number of rotatable bonds is 3. The quantitative estimate of drug-likeness (QED) is 0.738. The highest BCUT2D eigenvalue weighted by Gasteiger charge is 2.22. The molecule has 1 aliphatic rings. The van der Waals surface area contributed by atoms with E-state index in [9.17, 15) is 8.42 Å². The molecule has 124 valence electrons. The van der Waals surface area contributed by atoms with Crippen LogP contribution >= 0.6 is 0 Å². The van der Waals surface area contributed by atoms with Crippen LogP contribution in [0.3, 0.4) is 0 Å². The molecule has 2 aromatic heterocycles. The molecular weight excluding hydrogens is 326 g/mol. The van der Waals surface area contributed by atoms with E-state index < -0.39 is 10.0 Å². The Labute approximate surface area is 140 Å². The van der Waals surface area contributed by atoms with Crippen molar-refractivity contribution in [3.8, 4) is 0 Å². The highest BCUT2D eigenvalue weighted by Crippen LogP contribution is 2.26. The average Bonchev–Trinajstić information content (AvgIpc) is 2.88. The maximum Gasteiger partial charge on any atom is 0.268 e. The molecule has 0 radical (unpaired) electrons. The van der Waals surface area contributed by atoms with Gasteiger partial charge >= 0.3 is 0 Å². The van der Waals surface area contributed by atoms with Crippen LogP contribution in [0.15, 0.2) is 46.0 Å². The van der Waals surface area contributed by atoms with Crippen LogP contribution in [0.5, 0.6) is 0 Å². The number of furan rings is 1. The van der Waals surface area contributed by atoms with Crippen LogP contribution in [0.1, 0.15) is 30.5 Å². The Morgan fingerprint density at radius 2 is 1.92 bits per heavy atom. The molecule has 0 saturated heterocycles. The predicted molar refractivity (Wildman–Crippen MR) is 90.3 cm³/mol. The molecule has 4 rings (SSSR count). The van der Waals surface area contributed by atoms with Gasteiger partial charge in [-0.25, -0.2) is 23.1 Å². The molecule has 0 fully saturated rings. The first-order valence-electron chi connectivity index (χ1n) is 7.97. The van der Waals surface area contributed by atoms with E-state index in [0.717, 1.165) is 36.9 Å². The molecule has 0 spiro atoms. The van der Waals surface area contributed by atoms with E-state index >= 15 is 0 Å². The second-order valence-corrected chi connectivity index (χ2v) is 7.58. The van der Waals surface area contributed by atoms with Gasteiger partial charge in [0.2, 0.25) is 5.95 Å². The Kier molecular flexibility index (Phi) is 3.72. The van der Waals surface area contributed by atoms with Crippen molar-refractivity contribution in [2.24, 2.45) is 0 Å². The maximum absolute atomic E-state index is 12.7. The number of fused-ring (bicyclic) bond motifs is 2. The SMILES string of the molecule is O=S(=O)(Nc1ncc2c(n1)CCCCC2)c1coc2ccccc12. The second kappa shape index (κ2) is 5.90. The van der Waals surface area contributed by atoms with Crippen molar-refractivity contribution >= 4 is 26.9 Å². The van der Waals surface area contributed by atoms with Gasteiger partial charge in [-0.2, -0.15) is 0 Å². The van der Waals surface area contributed by atoms with E-state index in [0.29, 0.717) is 11.0 Å². The number of nitrogens with zero attached hydrogens (tertiary/aromatic N) is 2. The molecule has 2 heterocycles. The number of hydrogen-bond acceptors (Lipinski definition) is 5. The van der Waals surface area contributed by atoms with Crippen LogP contribution in [-0.2, 0) is 22.9 Å². The Morgan fingerprint density at radius 1 is 1.08 bits per heavy atom. The largest absolute Gasteiger partial charge is 0.463 e. The van der Waals surface area contributed by atoms with Gasteiger partial charge in [-0.3, -0.25) is 0 Å². The number of aryl methyl sites for hydroxylation is 2. The molecule has 1 aliphatic carbocycles. The Balaban J connectivity index is 1.68. The summed E-state index contributed by atoms with van der Waals surface area (Å²) >= 11 is 0. The zero-order valence-corrected chi connectivity index (χ0v) is 13.8. The van der Waals surface area contributed by atoms with Crippen LogP contribution in [0.4, 0.5) is 5.95 Å². The van der Waals surface area contributed by atoms with Crippen molar-refractivity contribution in [1.29, 1.82) is 0 Å². The first kappa shape index (κ1) is 15.1. The second-order valence-electron chi connectivity index (χ2n) is 5.93. The molecule has 7 heteroatoms. The first-order valence-corrected chi connectivity index (χ1v) is 9.46. The zero-order valence-electron chi connectivity index (χ0n) is 13.0. The third-order valence-corrected chi connectivity index (χ3v) is 5.62. The summed E-state index contributed by atoms with van der Waals surface area (Å²) in [6.45, 7) is 0. The fourth-order valence-corrected chi connectivity index (χ4v) is 4.12. The molecule has 1 aromatic carbocycles. The van der Waals surface area contributed by atoms with Crippen molar-refractivity contribution in [2.75, 3.05) is 4.72 Å². The van der Waals surface area contributed by atoms with Crippen LogP contribution in [-0.4, -0.2) is 18.4 Å². The Hall–Kier alpha value is -2.41. The van der Waals surface area contributed by atoms with E-state index in [-0.39, 0.29) is 10.8 Å². The van der Waals surface area contributed by atoms with Crippen LogP contribution in [0, 0.1) is 0 Å². The van der Waals surface area contributed by atoms with E-state index in [1.165, 1.54) is 12.7 Å². The number of aromatic nitrogens is 2. The van der Waals surface area contributed by atoms with Crippen molar-refractivity contribution in [3.63, 3.8) is 0 Å². The number of anilines is 1. The summed E-state index contributed by atoms with van der Waals surface area (Å²) in [6.07, 6.45) is 8.16. The Morgan fingerprint density at radius 3 is 2.83 bits per heavy atom. The molecule has 6 nitrogen and oxygen atoms in total. The predicted octanol–water partition coefficient (Wildman–Crippen LogP) is 3.29. The van der Waals surface area contributed by atoms with Gasteiger partial charge in [0.05, 0.1) is 0 Å². The summed E-state index contributed by atoms with van der Waals surface area (Å²) < 4.78 is 33.1. The summed E-state index contributed by atoms with van der Waals surface area (Å²) in [6, 6.07) is 7.01. The summed E-state index contributed by atoms with van der Waals surface area (Å²) in [5.41, 5.74) is 2.59. The molecule has 0 bridgehead atoms. The number of para-hydroxylation sites is 1. The van der Waals surface area contributed by atoms with Crippen molar-refractivity contribution in [3.05, 3.63) is 48.0 Å². The minimum Gasteiger partial charge on any atom is -0.463 e. The fraction of sp³-hybridized carbons (Fsp3) is 0.294. The van der Waals surface area contributed by atoms with Gasteiger partial charge in [0.25, 0.3) is 10.0 Å². The summed E-state index contributed by atoms with van der Waals surface area (Å²) in [5.74, 6) is 0.112. The van der Waals surface area contributed by atoms with Gasteiger partial charge in [-0.15, -0.1) is 0 Å². The van der Waals surface area contributed by atoms with E-state index in [4.69, 9.17) is 4.42 Å². The minimum absolute atomic E-state index is 0.0941. The number of nitrogens with one attached hydrogen (secondary N) is 1. The molecule has 0 unspecified atom stereocenters. The first-order chi connectivity index (χ1) is 11.6. The lowest BCUT2D eigenvalue weighted by Gasteiger charge is -2.09. The van der Waals surface area contributed by atoms with E-state index in [2.05, 4.69) is 14.7 Å². The summed E-state index contributed by atoms with van der Waals surface area (Å²) in [7, 11) is -3.80. The lowest BCUT2D eigenvalue weighted by molar-refractivity contribution is 0.587. The lowest BCUT2D eigenvalue weighted by atomic mass is 10.1. The average molecular weight is 343 g/mol. The lowest BCUT2D eigenvalue weighted by Crippen LogP contribution is -2.15. The third kappa shape index (κ3) is 2.75. The van der Waals surface area contributed by atoms with Crippen molar-refractivity contribution in [1.82, 2.24) is 9.97 Å². The minimum atomic E-state index is -3.80. The van der Waals surface area contributed by atoms with Gasteiger partial charge < -0.3 is 4.42 Å².